The zero-order valence-electron chi connectivity index (χ0n) is 9.99. The Morgan fingerprint density at radius 1 is 1.24 bits per heavy atom. The number of nitrogens with one attached hydrogen (secondary N) is 1. The van der Waals surface area contributed by atoms with Crippen LogP contribution in [0.1, 0.15) is 6.42 Å². The SMILES string of the molecule is FCCCOc1ccccc1N1CCNCC1. The first kappa shape index (κ1) is 12.2. The van der Waals surface area contributed by atoms with Crippen LogP contribution >= 0.6 is 0 Å². The number of piperazine rings is 1. The second-order valence-corrected chi connectivity index (χ2v) is 4.10. The lowest BCUT2D eigenvalue weighted by Crippen LogP contribution is -2.43. The molecular formula is C13H19FN2O. The van der Waals surface area contributed by atoms with Gasteiger partial charge in [-0.15, -0.1) is 0 Å². The fourth-order valence-corrected chi connectivity index (χ4v) is 1.98. The summed E-state index contributed by atoms with van der Waals surface area (Å²) in [5.41, 5.74) is 1.12. The first-order chi connectivity index (χ1) is 8.42. The monoisotopic (exact) mass is 238 g/mol. The maximum absolute atomic E-state index is 12.1. The van der Waals surface area contributed by atoms with Gasteiger partial charge in [-0.2, -0.15) is 0 Å². The largest absolute Gasteiger partial charge is 0.491 e. The van der Waals surface area contributed by atoms with Crippen molar-refractivity contribution in [2.24, 2.45) is 0 Å². The Kier molecular flexibility index (Phi) is 4.62. The van der Waals surface area contributed by atoms with E-state index in [0.29, 0.717) is 13.0 Å². The molecule has 1 aliphatic rings. The number of rotatable bonds is 5. The molecule has 1 fully saturated rings. The highest BCUT2D eigenvalue weighted by Crippen LogP contribution is 2.28. The number of hydrogen-bond donors (Lipinski definition) is 1. The Labute approximate surface area is 102 Å². The molecular weight excluding hydrogens is 219 g/mol. The predicted octanol–water partition coefficient (Wildman–Crippen LogP) is 1.83. The van der Waals surface area contributed by atoms with E-state index in [1.54, 1.807) is 0 Å². The van der Waals surface area contributed by atoms with E-state index in [2.05, 4.69) is 16.3 Å². The van der Waals surface area contributed by atoms with Gasteiger partial charge in [0.2, 0.25) is 0 Å². The number of ether oxygens (including phenoxy) is 1. The Balaban J connectivity index is 2.03. The van der Waals surface area contributed by atoms with Gasteiger partial charge in [-0.3, -0.25) is 4.39 Å². The van der Waals surface area contributed by atoms with Crippen LogP contribution in [0, 0.1) is 0 Å². The van der Waals surface area contributed by atoms with E-state index in [9.17, 15) is 4.39 Å². The highest BCUT2D eigenvalue weighted by molar-refractivity contribution is 5.58. The van der Waals surface area contributed by atoms with Crippen LogP contribution < -0.4 is 15.0 Å². The molecule has 0 amide bonds. The van der Waals surface area contributed by atoms with E-state index in [1.807, 2.05) is 18.2 Å². The van der Waals surface area contributed by atoms with Gasteiger partial charge in [0.25, 0.3) is 0 Å². The van der Waals surface area contributed by atoms with Gasteiger partial charge >= 0.3 is 0 Å². The molecule has 1 aromatic rings. The van der Waals surface area contributed by atoms with Crippen molar-refractivity contribution >= 4 is 5.69 Å². The van der Waals surface area contributed by atoms with Gasteiger partial charge in [0.05, 0.1) is 19.0 Å². The minimum atomic E-state index is -0.324. The molecule has 94 valence electrons. The molecule has 3 nitrogen and oxygen atoms in total. The molecule has 1 saturated heterocycles. The van der Waals surface area contributed by atoms with Crippen molar-refractivity contribution in [3.8, 4) is 5.75 Å². The summed E-state index contributed by atoms with van der Waals surface area (Å²) in [6.45, 7) is 4.10. The van der Waals surface area contributed by atoms with Crippen molar-refractivity contribution in [3.63, 3.8) is 0 Å². The summed E-state index contributed by atoms with van der Waals surface area (Å²) < 4.78 is 17.7. The van der Waals surface area contributed by atoms with E-state index in [1.165, 1.54) is 0 Å². The third-order valence-electron chi connectivity index (χ3n) is 2.86. The van der Waals surface area contributed by atoms with E-state index in [4.69, 9.17) is 4.74 Å². The standard InChI is InChI=1S/C13H19FN2O/c14-6-3-11-17-13-5-2-1-4-12(13)16-9-7-15-8-10-16/h1-2,4-5,15H,3,6-11H2. The molecule has 0 spiro atoms. The van der Waals surface area contributed by atoms with Crippen LogP contribution in [-0.4, -0.2) is 39.5 Å². The van der Waals surface area contributed by atoms with E-state index < -0.39 is 0 Å². The molecule has 1 heterocycles. The predicted molar refractivity (Wildman–Crippen MR) is 67.6 cm³/mol. The van der Waals surface area contributed by atoms with Crippen LogP contribution in [0.3, 0.4) is 0 Å². The van der Waals surface area contributed by atoms with Crippen molar-refractivity contribution in [2.45, 2.75) is 6.42 Å². The molecule has 2 rings (SSSR count). The molecule has 4 heteroatoms. The van der Waals surface area contributed by atoms with Crippen LogP contribution in [0.15, 0.2) is 24.3 Å². The van der Waals surface area contributed by atoms with Crippen molar-refractivity contribution in [1.82, 2.24) is 5.32 Å². The summed E-state index contributed by atoms with van der Waals surface area (Å²) in [7, 11) is 0. The summed E-state index contributed by atoms with van der Waals surface area (Å²) in [5, 5.41) is 3.32. The smallest absolute Gasteiger partial charge is 0.142 e. The molecule has 0 radical (unpaired) electrons. The van der Waals surface area contributed by atoms with Crippen LogP contribution in [0.2, 0.25) is 0 Å². The van der Waals surface area contributed by atoms with Gasteiger partial charge in [-0.05, 0) is 12.1 Å². The lowest BCUT2D eigenvalue weighted by Gasteiger charge is -2.30. The minimum absolute atomic E-state index is 0.324. The maximum atomic E-state index is 12.1. The fourth-order valence-electron chi connectivity index (χ4n) is 1.98. The number of anilines is 1. The van der Waals surface area contributed by atoms with E-state index in [-0.39, 0.29) is 6.67 Å². The topological polar surface area (TPSA) is 24.5 Å². The quantitative estimate of drug-likeness (QED) is 0.792. The van der Waals surface area contributed by atoms with E-state index in [0.717, 1.165) is 37.6 Å². The summed E-state index contributed by atoms with van der Waals surface area (Å²) in [6, 6.07) is 7.99. The zero-order chi connectivity index (χ0) is 11.9. The number of nitrogens with zero attached hydrogens (tertiary/aromatic N) is 1. The van der Waals surface area contributed by atoms with Crippen LogP contribution in [-0.2, 0) is 0 Å². The van der Waals surface area contributed by atoms with E-state index >= 15 is 0 Å². The zero-order valence-corrected chi connectivity index (χ0v) is 9.99. The van der Waals surface area contributed by atoms with Gasteiger partial charge < -0.3 is 15.0 Å². The average molecular weight is 238 g/mol. The van der Waals surface area contributed by atoms with Gasteiger partial charge in [0.1, 0.15) is 5.75 Å². The van der Waals surface area contributed by atoms with Crippen molar-refractivity contribution in [3.05, 3.63) is 24.3 Å². The minimum Gasteiger partial charge on any atom is -0.491 e. The van der Waals surface area contributed by atoms with Crippen LogP contribution in [0.4, 0.5) is 10.1 Å². The maximum Gasteiger partial charge on any atom is 0.142 e. The van der Waals surface area contributed by atoms with Gasteiger partial charge in [0, 0.05) is 32.6 Å². The number of hydrogen-bond acceptors (Lipinski definition) is 3. The molecule has 1 aromatic carbocycles. The van der Waals surface area contributed by atoms with Crippen LogP contribution in [0.5, 0.6) is 5.75 Å². The molecule has 0 unspecified atom stereocenters. The lowest BCUT2D eigenvalue weighted by molar-refractivity contribution is 0.289. The molecule has 1 N–H and O–H groups in total. The highest BCUT2D eigenvalue weighted by Gasteiger charge is 2.14. The third-order valence-corrected chi connectivity index (χ3v) is 2.86. The second-order valence-electron chi connectivity index (χ2n) is 4.10. The third kappa shape index (κ3) is 3.33. The molecule has 1 aliphatic heterocycles. The molecule has 17 heavy (non-hydrogen) atoms. The molecule has 0 aromatic heterocycles. The molecule has 0 aliphatic carbocycles. The fraction of sp³-hybridized carbons (Fsp3) is 0.538. The lowest BCUT2D eigenvalue weighted by atomic mass is 10.2. The second kappa shape index (κ2) is 6.45. The Bertz CT molecular complexity index is 340. The number of benzene rings is 1. The Morgan fingerprint density at radius 3 is 2.76 bits per heavy atom. The van der Waals surface area contributed by atoms with Gasteiger partial charge in [-0.1, -0.05) is 12.1 Å². The molecule has 0 saturated carbocycles. The van der Waals surface area contributed by atoms with Gasteiger partial charge in [-0.25, -0.2) is 0 Å². The summed E-state index contributed by atoms with van der Waals surface area (Å²) in [6.07, 6.45) is 0.454. The highest BCUT2D eigenvalue weighted by atomic mass is 19.1. The number of halogens is 1. The summed E-state index contributed by atoms with van der Waals surface area (Å²) in [4.78, 5) is 2.31. The van der Waals surface area contributed by atoms with Crippen LogP contribution in [0.25, 0.3) is 0 Å². The first-order valence-corrected chi connectivity index (χ1v) is 6.15. The normalized spacial score (nSPS) is 15.9. The first-order valence-electron chi connectivity index (χ1n) is 6.15. The van der Waals surface area contributed by atoms with Gasteiger partial charge in [0.15, 0.2) is 0 Å². The Hall–Kier alpha value is -1.29. The van der Waals surface area contributed by atoms with Crippen molar-refractivity contribution in [2.75, 3.05) is 44.4 Å². The number of para-hydroxylation sites is 2. The molecule has 0 bridgehead atoms. The Morgan fingerprint density at radius 2 is 2.00 bits per heavy atom. The van der Waals surface area contributed by atoms with Crippen molar-refractivity contribution in [1.29, 1.82) is 0 Å². The number of alkyl halides is 1. The summed E-state index contributed by atoms with van der Waals surface area (Å²) >= 11 is 0. The average Bonchev–Trinajstić information content (AvgIpc) is 2.41. The summed E-state index contributed by atoms with van der Waals surface area (Å²) in [5.74, 6) is 0.864. The molecule has 0 atom stereocenters. The van der Waals surface area contributed by atoms with Crippen molar-refractivity contribution < 1.29 is 9.13 Å².